The van der Waals surface area contributed by atoms with Crippen LogP contribution in [-0.4, -0.2) is 40.7 Å². The van der Waals surface area contributed by atoms with Crippen LogP contribution < -0.4 is 14.2 Å². The molecule has 1 N–H and O–H groups in total. The standard InChI is InChI=1S/C26H31ClN2O5/c1-17(2)34-24-15-22(29(28-24)16-20-10-11-21(27)13-18(20)3)8-6-12-33-26-19(14-25(30)31)7-5-9-23(26)32-4/h5,7,9-11,13,15,17H,6,8,12,14,16H2,1-4H3,(H,30,31). The normalized spacial score (nSPS) is 11.0. The van der Waals surface area contributed by atoms with Gasteiger partial charge in [0.15, 0.2) is 11.5 Å². The zero-order chi connectivity index (χ0) is 24.7. The molecule has 0 atom stereocenters. The highest BCUT2D eigenvalue weighted by Gasteiger charge is 2.15. The summed E-state index contributed by atoms with van der Waals surface area (Å²) in [7, 11) is 1.54. The van der Waals surface area contributed by atoms with Crippen molar-refractivity contribution >= 4 is 17.6 Å². The molecule has 3 aromatic rings. The SMILES string of the molecule is COc1cccc(CC(=O)O)c1OCCCc1cc(OC(C)C)nn1Cc1ccc(Cl)cc1C. The van der Waals surface area contributed by atoms with Gasteiger partial charge < -0.3 is 19.3 Å². The summed E-state index contributed by atoms with van der Waals surface area (Å²) in [6, 6.07) is 13.1. The molecule has 3 rings (SSSR count). The number of ether oxygens (including phenoxy) is 3. The van der Waals surface area contributed by atoms with Crippen LogP contribution in [-0.2, 0) is 24.2 Å². The molecule has 0 fully saturated rings. The molecule has 7 nitrogen and oxygen atoms in total. The van der Waals surface area contributed by atoms with Gasteiger partial charge in [-0.1, -0.05) is 29.8 Å². The minimum atomic E-state index is -0.919. The fraction of sp³-hybridized carbons (Fsp3) is 0.385. The first kappa shape index (κ1) is 25.4. The number of hydrogen-bond acceptors (Lipinski definition) is 5. The van der Waals surface area contributed by atoms with E-state index in [0.717, 1.165) is 16.8 Å². The van der Waals surface area contributed by atoms with Crippen molar-refractivity contribution in [3.8, 4) is 17.4 Å². The zero-order valence-electron chi connectivity index (χ0n) is 20.0. The molecule has 1 heterocycles. The largest absolute Gasteiger partial charge is 0.493 e. The highest BCUT2D eigenvalue weighted by atomic mass is 35.5. The summed E-state index contributed by atoms with van der Waals surface area (Å²) in [5, 5.41) is 14.6. The van der Waals surface area contributed by atoms with Gasteiger partial charge in [-0.2, -0.15) is 0 Å². The molecular formula is C26H31ClN2O5. The Bertz CT molecular complexity index is 1130. The summed E-state index contributed by atoms with van der Waals surface area (Å²) in [4.78, 5) is 11.2. The number of aryl methyl sites for hydroxylation is 2. The number of para-hydroxylation sites is 1. The quantitative estimate of drug-likeness (QED) is 0.348. The fourth-order valence-corrected chi connectivity index (χ4v) is 3.91. The van der Waals surface area contributed by atoms with Gasteiger partial charge in [-0.3, -0.25) is 9.48 Å². The Hall–Kier alpha value is -3.19. The Morgan fingerprint density at radius 3 is 2.65 bits per heavy atom. The molecule has 2 aromatic carbocycles. The van der Waals surface area contributed by atoms with E-state index >= 15 is 0 Å². The molecule has 0 amide bonds. The van der Waals surface area contributed by atoms with Gasteiger partial charge in [0.1, 0.15) is 0 Å². The third-order valence-corrected chi connectivity index (χ3v) is 5.50. The monoisotopic (exact) mass is 486 g/mol. The van der Waals surface area contributed by atoms with Crippen LogP contribution in [0.3, 0.4) is 0 Å². The summed E-state index contributed by atoms with van der Waals surface area (Å²) in [5.41, 5.74) is 3.85. The summed E-state index contributed by atoms with van der Waals surface area (Å²) >= 11 is 6.11. The molecule has 182 valence electrons. The van der Waals surface area contributed by atoms with Crippen LogP contribution in [0, 0.1) is 6.92 Å². The van der Waals surface area contributed by atoms with Gasteiger partial charge in [-0.25, -0.2) is 0 Å². The van der Waals surface area contributed by atoms with Gasteiger partial charge in [-0.05, 0) is 62.9 Å². The van der Waals surface area contributed by atoms with Crippen molar-refractivity contribution in [1.82, 2.24) is 9.78 Å². The van der Waals surface area contributed by atoms with E-state index in [1.54, 1.807) is 25.3 Å². The predicted octanol–water partition coefficient (Wildman–Crippen LogP) is 5.33. The molecular weight excluding hydrogens is 456 g/mol. The van der Waals surface area contributed by atoms with Crippen LogP contribution in [0.25, 0.3) is 0 Å². The van der Waals surface area contributed by atoms with Crippen LogP contribution in [0.4, 0.5) is 0 Å². The molecule has 0 aliphatic heterocycles. The topological polar surface area (TPSA) is 82.8 Å². The van der Waals surface area contributed by atoms with Gasteiger partial charge in [0.25, 0.3) is 0 Å². The van der Waals surface area contributed by atoms with Gasteiger partial charge in [0.2, 0.25) is 5.88 Å². The second-order valence-corrected chi connectivity index (χ2v) is 8.78. The van der Waals surface area contributed by atoms with Crippen LogP contribution in [0.1, 0.15) is 42.7 Å². The Labute approximate surface area is 205 Å². The van der Waals surface area contributed by atoms with E-state index in [1.807, 2.05) is 49.7 Å². The van der Waals surface area contributed by atoms with E-state index in [2.05, 4.69) is 5.10 Å². The molecule has 0 saturated heterocycles. The fourth-order valence-electron chi connectivity index (χ4n) is 3.68. The van der Waals surface area contributed by atoms with Gasteiger partial charge >= 0.3 is 5.97 Å². The summed E-state index contributed by atoms with van der Waals surface area (Å²) in [6.45, 7) is 6.98. The first-order chi connectivity index (χ1) is 16.3. The number of nitrogens with zero attached hydrogens (tertiary/aromatic N) is 2. The first-order valence-electron chi connectivity index (χ1n) is 11.3. The molecule has 8 heteroatoms. The lowest BCUT2D eigenvalue weighted by atomic mass is 10.1. The summed E-state index contributed by atoms with van der Waals surface area (Å²) in [5.74, 6) is 0.666. The maximum Gasteiger partial charge on any atom is 0.307 e. The highest BCUT2D eigenvalue weighted by molar-refractivity contribution is 6.30. The molecule has 0 aliphatic carbocycles. The molecule has 34 heavy (non-hydrogen) atoms. The Kier molecular flexibility index (Phi) is 8.82. The predicted molar refractivity (Wildman–Crippen MR) is 131 cm³/mol. The van der Waals surface area contributed by atoms with Gasteiger partial charge in [0.05, 0.1) is 32.8 Å². The van der Waals surface area contributed by atoms with Crippen molar-refractivity contribution < 1.29 is 24.1 Å². The minimum Gasteiger partial charge on any atom is -0.493 e. The van der Waals surface area contributed by atoms with E-state index in [4.69, 9.17) is 25.8 Å². The lowest BCUT2D eigenvalue weighted by Gasteiger charge is -2.14. The number of aliphatic carboxylic acids is 1. The molecule has 0 saturated carbocycles. The van der Waals surface area contributed by atoms with E-state index in [0.29, 0.717) is 54.0 Å². The smallest absolute Gasteiger partial charge is 0.307 e. The lowest BCUT2D eigenvalue weighted by Crippen LogP contribution is -2.10. The van der Waals surface area contributed by atoms with E-state index in [9.17, 15) is 9.90 Å². The van der Waals surface area contributed by atoms with Gasteiger partial charge in [-0.15, -0.1) is 5.10 Å². The number of methoxy groups -OCH3 is 1. The maximum atomic E-state index is 11.2. The summed E-state index contributed by atoms with van der Waals surface area (Å²) in [6.07, 6.45) is 1.31. The second-order valence-electron chi connectivity index (χ2n) is 8.34. The molecule has 0 radical (unpaired) electrons. The van der Waals surface area contributed by atoms with Crippen molar-refractivity contribution in [3.63, 3.8) is 0 Å². The molecule has 0 unspecified atom stereocenters. The van der Waals surface area contributed by atoms with Crippen molar-refractivity contribution in [1.29, 1.82) is 0 Å². The molecule has 0 bridgehead atoms. The Balaban J connectivity index is 1.72. The average Bonchev–Trinajstić information content (AvgIpc) is 3.13. The first-order valence-corrected chi connectivity index (χ1v) is 11.6. The van der Waals surface area contributed by atoms with Crippen molar-refractivity contribution in [2.45, 2.75) is 52.7 Å². The lowest BCUT2D eigenvalue weighted by molar-refractivity contribution is -0.136. The number of rotatable bonds is 12. The van der Waals surface area contributed by atoms with E-state index in [-0.39, 0.29) is 12.5 Å². The number of carboxylic acid groups (broad SMARTS) is 1. The Morgan fingerprint density at radius 2 is 1.97 bits per heavy atom. The van der Waals surface area contributed by atoms with Crippen LogP contribution in [0.2, 0.25) is 5.02 Å². The number of benzene rings is 2. The minimum absolute atomic E-state index is 0.0232. The van der Waals surface area contributed by atoms with E-state index in [1.165, 1.54) is 0 Å². The molecule has 0 aliphatic rings. The van der Waals surface area contributed by atoms with Gasteiger partial charge in [0, 0.05) is 22.3 Å². The Morgan fingerprint density at radius 1 is 1.18 bits per heavy atom. The number of carbonyl (C=O) groups is 1. The van der Waals surface area contributed by atoms with E-state index < -0.39 is 5.97 Å². The average molecular weight is 487 g/mol. The third-order valence-electron chi connectivity index (χ3n) is 5.27. The van der Waals surface area contributed by atoms with Crippen LogP contribution >= 0.6 is 11.6 Å². The number of hydrogen-bond donors (Lipinski definition) is 1. The third kappa shape index (κ3) is 6.90. The van der Waals surface area contributed by atoms with Crippen LogP contribution in [0.15, 0.2) is 42.5 Å². The van der Waals surface area contributed by atoms with Crippen molar-refractivity contribution in [3.05, 3.63) is 69.9 Å². The maximum absolute atomic E-state index is 11.2. The van der Waals surface area contributed by atoms with Crippen molar-refractivity contribution in [2.24, 2.45) is 0 Å². The molecule has 1 aromatic heterocycles. The number of aromatic nitrogens is 2. The summed E-state index contributed by atoms with van der Waals surface area (Å²) < 4.78 is 19.1. The number of carboxylic acids is 1. The highest BCUT2D eigenvalue weighted by Crippen LogP contribution is 2.31. The molecule has 0 spiro atoms. The number of halogens is 1. The van der Waals surface area contributed by atoms with Crippen LogP contribution in [0.5, 0.6) is 17.4 Å². The second kappa shape index (κ2) is 11.8. The van der Waals surface area contributed by atoms with Crippen molar-refractivity contribution in [2.75, 3.05) is 13.7 Å². The zero-order valence-corrected chi connectivity index (χ0v) is 20.8.